The van der Waals surface area contributed by atoms with Crippen molar-refractivity contribution in [3.05, 3.63) is 23.3 Å². The molecule has 1 atom stereocenters. The molecular formula is C21H29N3O4S2. The first-order valence-electron chi connectivity index (χ1n) is 10.5. The first-order chi connectivity index (χ1) is 14.2. The number of fused-ring (bicyclic) bond motifs is 1. The number of aromatic nitrogens is 1. The predicted octanol–water partition coefficient (Wildman–Crippen LogP) is 3.10. The Hall–Kier alpha value is -1.55. The number of anilines is 1. The fraction of sp³-hybridized carbons (Fsp3) is 0.619. The Balaban J connectivity index is 1.60. The number of ether oxygens (including phenoxy) is 1. The van der Waals surface area contributed by atoms with Gasteiger partial charge < -0.3 is 4.74 Å². The molecule has 1 aromatic heterocycles. The van der Waals surface area contributed by atoms with Gasteiger partial charge in [0, 0.05) is 25.6 Å². The molecule has 3 heterocycles. The molecule has 0 bridgehead atoms. The molecule has 2 saturated heterocycles. The summed E-state index contributed by atoms with van der Waals surface area (Å²) in [5.74, 6) is -0.161. The lowest BCUT2D eigenvalue weighted by atomic mass is 9.96. The molecule has 0 radical (unpaired) electrons. The minimum absolute atomic E-state index is 0.0277. The third kappa shape index (κ3) is 4.54. The minimum atomic E-state index is -3.21. The van der Waals surface area contributed by atoms with E-state index in [1.165, 1.54) is 16.1 Å². The van der Waals surface area contributed by atoms with Gasteiger partial charge in [-0.25, -0.2) is 17.7 Å². The van der Waals surface area contributed by atoms with Crippen molar-refractivity contribution in [1.29, 1.82) is 0 Å². The van der Waals surface area contributed by atoms with Gasteiger partial charge in [0.25, 0.3) is 0 Å². The lowest BCUT2D eigenvalue weighted by Crippen LogP contribution is -2.46. The number of amides is 1. The molecule has 7 nitrogen and oxygen atoms in total. The zero-order chi connectivity index (χ0) is 21.5. The monoisotopic (exact) mass is 451 g/mol. The fourth-order valence-electron chi connectivity index (χ4n) is 4.39. The number of hydrogen-bond acceptors (Lipinski definition) is 6. The highest BCUT2D eigenvalue weighted by Crippen LogP contribution is 2.34. The summed E-state index contributed by atoms with van der Waals surface area (Å²) in [5, 5.41) is 0.713. The number of sulfonamides is 1. The van der Waals surface area contributed by atoms with Crippen LogP contribution in [0.2, 0.25) is 0 Å². The minimum Gasteiger partial charge on any atom is -0.376 e. The van der Waals surface area contributed by atoms with Gasteiger partial charge in [-0.15, -0.1) is 0 Å². The lowest BCUT2D eigenvalue weighted by molar-refractivity contribution is -0.123. The molecule has 0 saturated carbocycles. The van der Waals surface area contributed by atoms with Crippen molar-refractivity contribution in [3.8, 4) is 0 Å². The molecule has 1 unspecified atom stereocenters. The number of piperidine rings is 1. The lowest BCUT2D eigenvalue weighted by Gasteiger charge is -2.33. The number of carbonyl (C=O) groups excluding carboxylic acids is 1. The zero-order valence-electron chi connectivity index (χ0n) is 17.8. The van der Waals surface area contributed by atoms with E-state index in [2.05, 4.69) is 26.0 Å². The molecular weight excluding hydrogens is 422 g/mol. The number of hydrogen-bond donors (Lipinski definition) is 0. The molecule has 9 heteroatoms. The average molecular weight is 452 g/mol. The van der Waals surface area contributed by atoms with Crippen LogP contribution in [-0.2, 0) is 19.6 Å². The van der Waals surface area contributed by atoms with Crippen molar-refractivity contribution in [2.24, 2.45) is 5.92 Å². The van der Waals surface area contributed by atoms with Crippen molar-refractivity contribution in [2.45, 2.75) is 45.6 Å². The fourth-order valence-corrected chi connectivity index (χ4v) is 6.29. The van der Waals surface area contributed by atoms with E-state index in [0.717, 1.165) is 35.2 Å². The van der Waals surface area contributed by atoms with E-state index in [1.54, 1.807) is 16.2 Å². The number of carbonyl (C=O) groups is 1. The summed E-state index contributed by atoms with van der Waals surface area (Å²) >= 11 is 1.55. The number of thiazole rings is 1. The van der Waals surface area contributed by atoms with E-state index in [4.69, 9.17) is 9.72 Å². The Kier molecular flexibility index (Phi) is 6.16. The highest BCUT2D eigenvalue weighted by atomic mass is 32.2. The van der Waals surface area contributed by atoms with Gasteiger partial charge in [-0.05, 0) is 56.7 Å². The first kappa shape index (κ1) is 21.7. The van der Waals surface area contributed by atoms with Crippen LogP contribution >= 0.6 is 11.3 Å². The van der Waals surface area contributed by atoms with Crippen LogP contribution in [0.5, 0.6) is 0 Å². The molecule has 1 aromatic carbocycles. The molecule has 2 aliphatic rings. The van der Waals surface area contributed by atoms with Crippen LogP contribution in [0.1, 0.15) is 36.8 Å². The summed E-state index contributed by atoms with van der Waals surface area (Å²) in [5.41, 5.74) is 3.24. The quantitative estimate of drug-likeness (QED) is 0.698. The van der Waals surface area contributed by atoms with E-state index in [1.807, 2.05) is 0 Å². The summed E-state index contributed by atoms with van der Waals surface area (Å²) in [7, 11) is -3.21. The van der Waals surface area contributed by atoms with Gasteiger partial charge in [0.2, 0.25) is 15.9 Å². The van der Waals surface area contributed by atoms with Crippen LogP contribution in [-0.4, -0.2) is 62.2 Å². The van der Waals surface area contributed by atoms with E-state index in [9.17, 15) is 13.2 Å². The highest BCUT2D eigenvalue weighted by Gasteiger charge is 2.34. The summed E-state index contributed by atoms with van der Waals surface area (Å²) < 4.78 is 32.0. The van der Waals surface area contributed by atoms with Crippen LogP contribution in [0.25, 0.3) is 10.2 Å². The molecule has 2 fully saturated rings. The second-order valence-electron chi connectivity index (χ2n) is 8.45. The van der Waals surface area contributed by atoms with Gasteiger partial charge in [-0.2, -0.15) is 0 Å². The zero-order valence-corrected chi connectivity index (χ0v) is 19.4. The largest absolute Gasteiger partial charge is 0.376 e. The number of benzene rings is 1. The van der Waals surface area contributed by atoms with E-state index >= 15 is 0 Å². The molecule has 4 rings (SSSR count). The molecule has 2 aliphatic heterocycles. The highest BCUT2D eigenvalue weighted by molar-refractivity contribution is 7.88. The van der Waals surface area contributed by atoms with Gasteiger partial charge in [0.05, 0.1) is 29.1 Å². The second-order valence-corrected chi connectivity index (χ2v) is 11.4. The van der Waals surface area contributed by atoms with E-state index in [0.29, 0.717) is 37.6 Å². The topological polar surface area (TPSA) is 79.8 Å². The summed E-state index contributed by atoms with van der Waals surface area (Å²) in [6.07, 6.45) is 4.29. The second kappa shape index (κ2) is 8.53. The van der Waals surface area contributed by atoms with E-state index in [-0.39, 0.29) is 17.9 Å². The number of aryl methyl sites for hydroxylation is 2. The molecule has 0 aliphatic carbocycles. The van der Waals surface area contributed by atoms with Crippen LogP contribution in [0.4, 0.5) is 5.13 Å². The number of nitrogens with zero attached hydrogens (tertiary/aromatic N) is 3. The summed E-state index contributed by atoms with van der Waals surface area (Å²) in [4.78, 5) is 20.2. The van der Waals surface area contributed by atoms with Crippen LogP contribution in [0.3, 0.4) is 0 Å². The van der Waals surface area contributed by atoms with Gasteiger partial charge in [0.1, 0.15) is 0 Å². The normalized spacial score (nSPS) is 21.4. The predicted molar refractivity (Wildman–Crippen MR) is 120 cm³/mol. The van der Waals surface area contributed by atoms with Gasteiger partial charge in [-0.3, -0.25) is 9.69 Å². The Bertz CT molecular complexity index is 1040. The van der Waals surface area contributed by atoms with Crippen molar-refractivity contribution >= 4 is 42.6 Å². The Morgan fingerprint density at radius 3 is 2.63 bits per heavy atom. The van der Waals surface area contributed by atoms with Gasteiger partial charge in [-0.1, -0.05) is 17.4 Å². The molecule has 30 heavy (non-hydrogen) atoms. The smallest absolute Gasteiger partial charge is 0.232 e. The van der Waals surface area contributed by atoms with Gasteiger partial charge in [0.15, 0.2) is 5.13 Å². The van der Waals surface area contributed by atoms with Crippen molar-refractivity contribution in [1.82, 2.24) is 9.29 Å². The molecule has 1 amide bonds. The van der Waals surface area contributed by atoms with E-state index < -0.39 is 10.0 Å². The standard InChI is InChI=1S/C21H29N3O4S2/c1-14-11-15(2)19-18(12-14)22-21(29-19)24(13-17-5-4-10-28-17)20(25)16-6-8-23(9-7-16)30(3,26)27/h11-12,16-17H,4-10,13H2,1-3H3. The molecule has 0 spiro atoms. The van der Waals surface area contributed by atoms with Crippen molar-refractivity contribution in [2.75, 3.05) is 37.4 Å². The maximum Gasteiger partial charge on any atom is 0.232 e. The SMILES string of the molecule is Cc1cc(C)c2sc(N(CC3CCCO3)C(=O)C3CCN(S(C)(=O)=O)CC3)nc2c1. The summed E-state index contributed by atoms with van der Waals surface area (Å²) in [6, 6.07) is 4.19. The van der Waals surface area contributed by atoms with Crippen LogP contribution in [0, 0.1) is 19.8 Å². The van der Waals surface area contributed by atoms with Crippen molar-refractivity contribution in [3.63, 3.8) is 0 Å². The van der Waals surface area contributed by atoms with Crippen LogP contribution in [0.15, 0.2) is 12.1 Å². The Morgan fingerprint density at radius 1 is 1.27 bits per heavy atom. The molecule has 164 valence electrons. The summed E-state index contributed by atoms with van der Waals surface area (Å²) in [6.45, 7) is 6.14. The average Bonchev–Trinajstić information content (AvgIpc) is 3.34. The third-order valence-electron chi connectivity index (χ3n) is 5.99. The number of rotatable bonds is 5. The first-order valence-corrected chi connectivity index (χ1v) is 13.1. The third-order valence-corrected chi connectivity index (χ3v) is 8.52. The maximum absolute atomic E-state index is 13.5. The Morgan fingerprint density at radius 2 is 2.00 bits per heavy atom. The van der Waals surface area contributed by atoms with Crippen molar-refractivity contribution < 1.29 is 17.9 Å². The van der Waals surface area contributed by atoms with Gasteiger partial charge >= 0.3 is 0 Å². The maximum atomic E-state index is 13.5. The molecule has 0 N–H and O–H groups in total. The van der Waals surface area contributed by atoms with Crippen LogP contribution < -0.4 is 4.90 Å². The molecule has 2 aromatic rings. The Labute approximate surface area is 182 Å².